The van der Waals surface area contributed by atoms with E-state index in [0.29, 0.717) is 33.8 Å². The third-order valence-electron chi connectivity index (χ3n) is 4.58. The first-order chi connectivity index (χ1) is 13.2. The Kier molecular flexibility index (Phi) is 3.36. The number of rotatable bonds is 2. The lowest BCUT2D eigenvalue weighted by Crippen LogP contribution is -2.20. The Balaban J connectivity index is 1.77. The largest absolute Gasteiger partial charge is 0.437 e. The monoisotopic (exact) mass is 355 g/mol. The van der Waals surface area contributed by atoms with Crippen molar-refractivity contribution >= 4 is 33.0 Å². The van der Waals surface area contributed by atoms with Crippen molar-refractivity contribution in [3.63, 3.8) is 0 Å². The number of fused-ring (bicyclic) bond motifs is 3. The Hall–Kier alpha value is -3.80. The minimum absolute atomic E-state index is 0.191. The van der Waals surface area contributed by atoms with Gasteiger partial charge in [-0.15, -0.1) is 0 Å². The van der Waals surface area contributed by atoms with Crippen molar-refractivity contribution in [3.8, 4) is 0 Å². The van der Waals surface area contributed by atoms with Crippen molar-refractivity contribution in [1.29, 1.82) is 0 Å². The Bertz CT molecular complexity index is 1440. The van der Waals surface area contributed by atoms with E-state index in [1.165, 1.54) is 0 Å². The van der Waals surface area contributed by atoms with Crippen molar-refractivity contribution in [2.75, 3.05) is 0 Å². The molecule has 0 N–H and O–H groups in total. The van der Waals surface area contributed by atoms with Crippen LogP contribution in [0.2, 0.25) is 0 Å². The first-order valence-electron chi connectivity index (χ1n) is 8.45. The minimum atomic E-state index is -0.210. The summed E-state index contributed by atoms with van der Waals surface area (Å²) in [5.41, 5.74) is 1.72. The van der Waals surface area contributed by atoms with Crippen LogP contribution in [-0.4, -0.2) is 14.5 Å². The topological polar surface area (TPSA) is 78.0 Å². The molecule has 0 unspecified atom stereocenters. The van der Waals surface area contributed by atoms with Gasteiger partial charge in [-0.1, -0.05) is 18.2 Å². The van der Waals surface area contributed by atoms with Gasteiger partial charge in [-0.05, 0) is 35.9 Å². The molecule has 6 nitrogen and oxygen atoms in total. The zero-order valence-corrected chi connectivity index (χ0v) is 14.1. The molecular formula is C21H13N3O3. The van der Waals surface area contributed by atoms with Crippen molar-refractivity contribution in [1.82, 2.24) is 14.5 Å². The van der Waals surface area contributed by atoms with E-state index in [0.717, 1.165) is 5.56 Å². The van der Waals surface area contributed by atoms with E-state index in [1.807, 2.05) is 12.1 Å². The van der Waals surface area contributed by atoms with Crippen LogP contribution in [0.5, 0.6) is 0 Å². The smallest absolute Gasteiger partial charge is 0.260 e. The number of benzene rings is 1. The minimum Gasteiger partial charge on any atom is -0.437 e. The number of pyridine rings is 3. The van der Waals surface area contributed by atoms with Gasteiger partial charge in [0.2, 0.25) is 11.1 Å². The summed E-state index contributed by atoms with van der Waals surface area (Å²) in [6.07, 6.45) is 5.10. The van der Waals surface area contributed by atoms with Crippen molar-refractivity contribution in [3.05, 3.63) is 93.3 Å². The highest BCUT2D eigenvalue weighted by molar-refractivity contribution is 5.94. The lowest BCUT2D eigenvalue weighted by molar-refractivity contribution is 0.646. The van der Waals surface area contributed by atoms with Crippen LogP contribution in [0.15, 0.2) is 81.1 Å². The first kappa shape index (κ1) is 15.5. The van der Waals surface area contributed by atoms with E-state index >= 15 is 0 Å². The van der Waals surface area contributed by atoms with Gasteiger partial charge in [0.05, 0.1) is 28.2 Å². The second-order valence-corrected chi connectivity index (χ2v) is 6.31. The normalized spacial score (nSPS) is 11.4. The maximum Gasteiger partial charge on any atom is 0.260 e. The summed E-state index contributed by atoms with van der Waals surface area (Å²) in [4.78, 5) is 34.2. The number of aromatic nitrogens is 3. The summed E-state index contributed by atoms with van der Waals surface area (Å²) in [5, 5.41) is 1.16. The van der Waals surface area contributed by atoms with Gasteiger partial charge in [0.15, 0.2) is 0 Å². The Morgan fingerprint density at radius 3 is 2.70 bits per heavy atom. The van der Waals surface area contributed by atoms with Crippen LogP contribution in [-0.2, 0) is 6.54 Å². The summed E-state index contributed by atoms with van der Waals surface area (Å²) in [5.74, 6) is 0. The Labute approximate surface area is 152 Å². The van der Waals surface area contributed by atoms with E-state index in [4.69, 9.17) is 4.42 Å². The lowest BCUT2D eigenvalue weighted by atomic mass is 10.1. The molecule has 0 saturated heterocycles. The number of nitrogens with zero attached hydrogens (tertiary/aromatic N) is 3. The highest BCUT2D eigenvalue weighted by atomic mass is 16.3. The van der Waals surface area contributed by atoms with Gasteiger partial charge in [-0.2, -0.15) is 0 Å². The molecule has 0 amide bonds. The van der Waals surface area contributed by atoms with Gasteiger partial charge in [0, 0.05) is 18.6 Å². The zero-order valence-electron chi connectivity index (χ0n) is 14.1. The standard InChI is InChI=1S/C21H13N3O3/c25-19-14-5-1-2-6-18(14)27-20-16(19)10-15-17(23-20)7-9-24(21(15)26)12-13-4-3-8-22-11-13/h1-11H,12H2. The summed E-state index contributed by atoms with van der Waals surface area (Å²) < 4.78 is 7.35. The molecule has 0 aliphatic rings. The maximum atomic E-state index is 12.9. The van der Waals surface area contributed by atoms with Crippen molar-refractivity contribution in [2.45, 2.75) is 6.54 Å². The lowest BCUT2D eigenvalue weighted by Gasteiger charge is -2.08. The van der Waals surface area contributed by atoms with E-state index in [9.17, 15) is 9.59 Å². The van der Waals surface area contributed by atoms with E-state index in [2.05, 4.69) is 9.97 Å². The second kappa shape index (κ2) is 5.88. The average molecular weight is 355 g/mol. The molecule has 0 radical (unpaired) electrons. The fourth-order valence-electron chi connectivity index (χ4n) is 3.24. The van der Waals surface area contributed by atoms with Crippen molar-refractivity contribution in [2.24, 2.45) is 0 Å². The molecule has 0 aliphatic heterocycles. The van der Waals surface area contributed by atoms with Crippen LogP contribution in [0.3, 0.4) is 0 Å². The quantitative estimate of drug-likeness (QED) is 0.455. The predicted molar refractivity (Wildman–Crippen MR) is 103 cm³/mol. The van der Waals surface area contributed by atoms with E-state index in [-0.39, 0.29) is 16.7 Å². The van der Waals surface area contributed by atoms with Gasteiger partial charge in [-0.3, -0.25) is 14.6 Å². The van der Waals surface area contributed by atoms with Crippen LogP contribution < -0.4 is 11.0 Å². The molecule has 5 rings (SSSR count). The molecule has 27 heavy (non-hydrogen) atoms. The van der Waals surface area contributed by atoms with Crippen LogP contribution in [0.4, 0.5) is 0 Å². The molecule has 0 bridgehead atoms. The summed E-state index contributed by atoms with van der Waals surface area (Å²) in [6, 6.07) is 14.1. The summed E-state index contributed by atoms with van der Waals surface area (Å²) in [7, 11) is 0. The summed E-state index contributed by atoms with van der Waals surface area (Å²) >= 11 is 0. The number of hydrogen-bond donors (Lipinski definition) is 0. The van der Waals surface area contributed by atoms with Gasteiger partial charge in [-0.25, -0.2) is 4.98 Å². The molecule has 5 aromatic rings. The molecule has 6 heteroatoms. The van der Waals surface area contributed by atoms with Crippen molar-refractivity contribution < 1.29 is 4.42 Å². The molecule has 1 aromatic carbocycles. The molecule has 4 heterocycles. The highest BCUT2D eigenvalue weighted by Crippen LogP contribution is 2.20. The van der Waals surface area contributed by atoms with Gasteiger partial charge in [0.25, 0.3) is 5.56 Å². The molecule has 0 atom stereocenters. The summed E-state index contributed by atoms with van der Waals surface area (Å²) in [6.45, 7) is 0.396. The highest BCUT2D eigenvalue weighted by Gasteiger charge is 2.12. The van der Waals surface area contributed by atoms with Gasteiger partial charge in [0.1, 0.15) is 5.58 Å². The second-order valence-electron chi connectivity index (χ2n) is 6.31. The maximum absolute atomic E-state index is 12.9. The molecule has 0 saturated carbocycles. The molecule has 130 valence electrons. The SMILES string of the molecule is O=c1c2ccccc2oc2nc3ccn(Cc4cccnc4)c(=O)c3cc12. The average Bonchev–Trinajstić information content (AvgIpc) is 2.70. The third-order valence-corrected chi connectivity index (χ3v) is 4.58. The van der Waals surface area contributed by atoms with E-state index in [1.54, 1.807) is 59.6 Å². The predicted octanol–water partition coefficient (Wildman–Crippen LogP) is 3.10. The van der Waals surface area contributed by atoms with E-state index < -0.39 is 0 Å². The third kappa shape index (κ3) is 2.50. The fraction of sp³-hybridized carbons (Fsp3) is 0.0476. The molecule has 0 aliphatic carbocycles. The number of para-hydroxylation sites is 1. The van der Waals surface area contributed by atoms with Crippen LogP contribution in [0.1, 0.15) is 5.56 Å². The number of hydrogen-bond acceptors (Lipinski definition) is 5. The zero-order chi connectivity index (χ0) is 18.4. The molecule has 0 spiro atoms. The van der Waals surface area contributed by atoms with Crippen LogP contribution >= 0.6 is 0 Å². The fourth-order valence-corrected chi connectivity index (χ4v) is 3.24. The molecular weight excluding hydrogens is 342 g/mol. The Morgan fingerprint density at radius 1 is 0.963 bits per heavy atom. The van der Waals surface area contributed by atoms with Crippen LogP contribution in [0, 0.1) is 0 Å². The molecule has 4 aromatic heterocycles. The Morgan fingerprint density at radius 2 is 1.85 bits per heavy atom. The van der Waals surface area contributed by atoms with Gasteiger partial charge >= 0.3 is 0 Å². The van der Waals surface area contributed by atoms with Crippen LogP contribution in [0.25, 0.3) is 33.0 Å². The first-order valence-corrected chi connectivity index (χ1v) is 8.45. The van der Waals surface area contributed by atoms with Gasteiger partial charge < -0.3 is 8.98 Å². The molecule has 0 fully saturated rings.